The van der Waals surface area contributed by atoms with Crippen LogP contribution in [0.5, 0.6) is 5.75 Å². The number of hydrogen-bond acceptors (Lipinski definition) is 5. The van der Waals surface area contributed by atoms with E-state index in [2.05, 4.69) is 10.3 Å². The summed E-state index contributed by atoms with van der Waals surface area (Å²) in [5.74, 6) is -0.167. The van der Waals surface area contributed by atoms with Crippen LogP contribution in [0.4, 0.5) is 19.0 Å². The molecule has 7 nitrogen and oxygen atoms in total. The summed E-state index contributed by atoms with van der Waals surface area (Å²) < 4.78 is 43.8. The fraction of sp³-hybridized carbons (Fsp3) is 0.435. The third-order valence-corrected chi connectivity index (χ3v) is 5.89. The molecule has 2 aromatic rings. The first-order valence-electron chi connectivity index (χ1n) is 10.7. The number of para-hydroxylation sites is 1. The zero-order chi connectivity index (χ0) is 25.0. The van der Waals surface area contributed by atoms with Crippen LogP contribution >= 0.6 is 11.6 Å². The quantitative estimate of drug-likeness (QED) is 0.654. The van der Waals surface area contributed by atoms with Crippen molar-refractivity contribution < 1.29 is 27.5 Å². The minimum Gasteiger partial charge on any atom is -0.496 e. The molecular formula is C23H26ClF3N4O3. The molecule has 1 aromatic carbocycles. The molecule has 1 aromatic heterocycles. The molecule has 1 aliphatic heterocycles. The van der Waals surface area contributed by atoms with Gasteiger partial charge in [0.25, 0.3) is 5.91 Å². The second kappa shape index (κ2) is 10.5. The molecule has 0 bridgehead atoms. The fourth-order valence-corrected chi connectivity index (χ4v) is 4.00. The van der Waals surface area contributed by atoms with Gasteiger partial charge in [0, 0.05) is 32.4 Å². The van der Waals surface area contributed by atoms with E-state index in [1.807, 2.05) is 13.8 Å². The van der Waals surface area contributed by atoms with E-state index in [4.69, 9.17) is 16.3 Å². The summed E-state index contributed by atoms with van der Waals surface area (Å²) in [6.45, 7) is 4.99. The van der Waals surface area contributed by atoms with Crippen LogP contribution in [0.3, 0.4) is 0 Å². The number of amides is 2. The highest BCUT2D eigenvalue weighted by Crippen LogP contribution is 2.33. The van der Waals surface area contributed by atoms with Gasteiger partial charge in [-0.2, -0.15) is 13.2 Å². The molecule has 184 valence electrons. The highest BCUT2D eigenvalue weighted by Gasteiger charge is 2.34. The normalized spacial score (nSPS) is 15.3. The van der Waals surface area contributed by atoms with Crippen molar-refractivity contribution in [2.45, 2.75) is 26.1 Å². The maximum Gasteiger partial charge on any atom is 0.417 e. The summed E-state index contributed by atoms with van der Waals surface area (Å²) in [6.07, 6.45) is -3.78. The van der Waals surface area contributed by atoms with Crippen LogP contribution in [0.25, 0.3) is 0 Å². The number of carbonyl (C=O) groups is 2. The average Bonchev–Trinajstić information content (AvgIpc) is 2.81. The standard InChI is InChI=1S/C23H26ClF3N4O3/c1-14(2)19(29-21(32)16-6-4-5-7-18(16)34-3)22(33)31-10-8-30(9-11-31)20-17(24)12-15(13-28-20)23(25,26)27/h4-7,12-14,19H,8-11H2,1-3H3,(H,29,32)/t19-/m0/s1. The number of hydrogen-bond donors (Lipinski definition) is 1. The number of ether oxygens (including phenoxy) is 1. The van der Waals surface area contributed by atoms with Gasteiger partial charge in [-0.05, 0) is 24.1 Å². The molecule has 34 heavy (non-hydrogen) atoms. The first-order chi connectivity index (χ1) is 16.0. The van der Waals surface area contributed by atoms with E-state index in [1.54, 1.807) is 34.1 Å². The van der Waals surface area contributed by atoms with Gasteiger partial charge >= 0.3 is 6.18 Å². The molecular weight excluding hydrogens is 473 g/mol. The third-order valence-electron chi connectivity index (χ3n) is 5.61. The number of aromatic nitrogens is 1. The predicted octanol–water partition coefficient (Wildman–Crippen LogP) is 3.87. The molecule has 3 rings (SSSR count). The van der Waals surface area contributed by atoms with Gasteiger partial charge in [0.1, 0.15) is 17.6 Å². The largest absolute Gasteiger partial charge is 0.496 e. The molecule has 0 radical (unpaired) electrons. The first-order valence-corrected chi connectivity index (χ1v) is 11.1. The van der Waals surface area contributed by atoms with E-state index in [1.165, 1.54) is 7.11 Å². The molecule has 0 spiro atoms. The fourth-order valence-electron chi connectivity index (χ4n) is 3.72. The Morgan fingerprint density at radius 2 is 1.79 bits per heavy atom. The predicted molar refractivity (Wildman–Crippen MR) is 122 cm³/mol. The molecule has 1 aliphatic rings. The lowest BCUT2D eigenvalue weighted by Crippen LogP contribution is -2.56. The minimum absolute atomic E-state index is 0.0984. The van der Waals surface area contributed by atoms with E-state index < -0.39 is 23.7 Å². The molecule has 1 fully saturated rings. The number of nitrogens with zero attached hydrogens (tertiary/aromatic N) is 3. The van der Waals surface area contributed by atoms with E-state index in [9.17, 15) is 22.8 Å². The van der Waals surface area contributed by atoms with Crippen LogP contribution in [-0.2, 0) is 11.0 Å². The van der Waals surface area contributed by atoms with Gasteiger partial charge in [-0.1, -0.05) is 37.6 Å². The lowest BCUT2D eigenvalue weighted by Gasteiger charge is -2.38. The highest BCUT2D eigenvalue weighted by molar-refractivity contribution is 6.33. The smallest absolute Gasteiger partial charge is 0.417 e. The Labute approximate surface area is 200 Å². The number of halogens is 4. The molecule has 0 saturated carbocycles. The van der Waals surface area contributed by atoms with Gasteiger partial charge in [-0.3, -0.25) is 9.59 Å². The molecule has 2 heterocycles. The molecule has 0 unspecified atom stereocenters. The van der Waals surface area contributed by atoms with Gasteiger partial charge in [-0.15, -0.1) is 0 Å². The van der Waals surface area contributed by atoms with Gasteiger partial charge < -0.3 is 19.9 Å². The highest BCUT2D eigenvalue weighted by atomic mass is 35.5. The second-order valence-electron chi connectivity index (χ2n) is 8.23. The Morgan fingerprint density at radius 1 is 1.15 bits per heavy atom. The van der Waals surface area contributed by atoms with Crippen molar-refractivity contribution in [3.05, 3.63) is 52.7 Å². The first kappa shape index (κ1) is 25.6. The number of nitrogens with one attached hydrogen (secondary N) is 1. The Morgan fingerprint density at radius 3 is 2.35 bits per heavy atom. The zero-order valence-corrected chi connectivity index (χ0v) is 19.8. The molecule has 11 heteroatoms. The lowest BCUT2D eigenvalue weighted by atomic mass is 10.0. The minimum atomic E-state index is -4.53. The van der Waals surface area contributed by atoms with Crippen LogP contribution in [0.1, 0.15) is 29.8 Å². The van der Waals surface area contributed by atoms with Gasteiger partial charge in [-0.25, -0.2) is 4.98 Å². The van der Waals surface area contributed by atoms with Gasteiger partial charge in [0.05, 0.1) is 23.3 Å². The number of rotatable bonds is 6. The Bertz CT molecular complexity index is 1040. The summed E-state index contributed by atoms with van der Waals surface area (Å²) in [5, 5.41) is 2.71. The Balaban J connectivity index is 1.66. The van der Waals surface area contributed by atoms with Crippen molar-refractivity contribution in [2.24, 2.45) is 5.92 Å². The Hall–Kier alpha value is -3.01. The summed E-state index contributed by atoms with van der Waals surface area (Å²) >= 11 is 6.06. The summed E-state index contributed by atoms with van der Waals surface area (Å²) in [4.78, 5) is 33.3. The lowest BCUT2D eigenvalue weighted by molar-refractivity contribution is -0.138. The third kappa shape index (κ3) is 5.72. The van der Waals surface area contributed by atoms with Crippen molar-refractivity contribution in [2.75, 3.05) is 38.2 Å². The average molecular weight is 499 g/mol. The number of piperazine rings is 1. The van der Waals surface area contributed by atoms with Crippen LogP contribution in [0.15, 0.2) is 36.5 Å². The van der Waals surface area contributed by atoms with Gasteiger partial charge in [0.15, 0.2) is 0 Å². The van der Waals surface area contributed by atoms with Crippen LogP contribution in [0.2, 0.25) is 5.02 Å². The number of alkyl halides is 3. The SMILES string of the molecule is COc1ccccc1C(=O)N[C@H](C(=O)N1CCN(c2ncc(C(F)(F)F)cc2Cl)CC1)C(C)C. The van der Waals surface area contributed by atoms with E-state index >= 15 is 0 Å². The summed E-state index contributed by atoms with van der Waals surface area (Å²) in [5.41, 5.74) is -0.586. The van der Waals surface area contributed by atoms with Crippen molar-refractivity contribution in [3.8, 4) is 5.75 Å². The summed E-state index contributed by atoms with van der Waals surface area (Å²) in [6, 6.07) is 6.85. The maximum atomic E-state index is 13.2. The number of pyridine rings is 1. The molecule has 2 amide bonds. The Kier molecular flexibility index (Phi) is 7.91. The zero-order valence-electron chi connectivity index (χ0n) is 19.0. The number of anilines is 1. The molecule has 0 aliphatic carbocycles. The number of carbonyl (C=O) groups excluding carboxylic acids is 2. The molecule has 1 N–H and O–H groups in total. The van der Waals surface area contributed by atoms with E-state index in [0.29, 0.717) is 37.5 Å². The van der Waals surface area contributed by atoms with Crippen LogP contribution in [0, 0.1) is 5.92 Å². The number of methoxy groups -OCH3 is 1. The van der Waals surface area contributed by atoms with Crippen molar-refractivity contribution in [1.82, 2.24) is 15.2 Å². The van der Waals surface area contributed by atoms with Crippen molar-refractivity contribution in [1.29, 1.82) is 0 Å². The maximum absolute atomic E-state index is 13.2. The van der Waals surface area contributed by atoms with Crippen LogP contribution in [-0.4, -0.2) is 61.0 Å². The monoisotopic (exact) mass is 498 g/mol. The number of benzene rings is 1. The second-order valence-corrected chi connectivity index (χ2v) is 8.64. The van der Waals surface area contributed by atoms with E-state index in [-0.39, 0.29) is 22.7 Å². The van der Waals surface area contributed by atoms with E-state index in [0.717, 1.165) is 12.3 Å². The molecule has 1 atom stereocenters. The van der Waals surface area contributed by atoms with Crippen molar-refractivity contribution in [3.63, 3.8) is 0 Å². The van der Waals surface area contributed by atoms with Gasteiger partial charge in [0.2, 0.25) is 5.91 Å². The summed E-state index contributed by atoms with van der Waals surface area (Å²) in [7, 11) is 1.47. The molecule has 1 saturated heterocycles. The van der Waals surface area contributed by atoms with Crippen LogP contribution < -0.4 is 15.0 Å². The van der Waals surface area contributed by atoms with Crippen molar-refractivity contribution >= 4 is 29.2 Å². The topological polar surface area (TPSA) is 74.8 Å².